The van der Waals surface area contributed by atoms with Crippen LogP contribution in [0.15, 0.2) is 59.5 Å². The second kappa shape index (κ2) is 5.92. The van der Waals surface area contributed by atoms with Crippen molar-refractivity contribution in [2.75, 3.05) is 7.11 Å². The van der Waals surface area contributed by atoms with E-state index in [1.807, 2.05) is 24.3 Å². The second-order valence-electron chi connectivity index (χ2n) is 4.73. The topological polar surface area (TPSA) is 48.3 Å². The average Bonchev–Trinajstić information content (AvgIpc) is 2.56. The molecule has 5 heteroatoms. The maximum Gasteiger partial charge on any atom is 0.340 e. The van der Waals surface area contributed by atoms with Crippen molar-refractivity contribution in [2.45, 2.75) is 0 Å². The number of ether oxygens (including phenoxy) is 1. The zero-order chi connectivity index (χ0) is 15.7. The number of pyridine rings is 1. The summed E-state index contributed by atoms with van der Waals surface area (Å²) in [5, 5.41) is 1.09. The Morgan fingerprint density at radius 1 is 1.05 bits per heavy atom. The minimum absolute atomic E-state index is 0.163. The van der Waals surface area contributed by atoms with E-state index in [-0.39, 0.29) is 5.56 Å². The lowest BCUT2D eigenvalue weighted by molar-refractivity contribution is 0.0602. The number of nitrogens with zero attached hydrogens (tertiary/aromatic N) is 1. The van der Waals surface area contributed by atoms with E-state index in [1.54, 1.807) is 30.5 Å². The molecule has 1 aromatic heterocycles. The van der Waals surface area contributed by atoms with E-state index in [4.69, 9.17) is 4.74 Å². The number of halogens is 1. The lowest BCUT2D eigenvalue weighted by Gasteiger charge is -2.11. The highest BCUT2D eigenvalue weighted by atomic mass is 127. The summed E-state index contributed by atoms with van der Waals surface area (Å²) in [5.41, 5.74) is 0.919. The minimum atomic E-state index is -0.463. The molecule has 0 radical (unpaired) electrons. The third kappa shape index (κ3) is 2.52. The molecule has 2 aromatic carbocycles. The van der Waals surface area contributed by atoms with Gasteiger partial charge in [0.15, 0.2) is 0 Å². The first-order chi connectivity index (χ1) is 10.6. The SMILES string of the molecule is COC(=O)c1cn(-c2ccc(I)cc2)c(=O)c2ccccc12. The van der Waals surface area contributed by atoms with Crippen LogP contribution in [0.25, 0.3) is 16.5 Å². The summed E-state index contributed by atoms with van der Waals surface area (Å²) in [6.07, 6.45) is 1.54. The highest BCUT2D eigenvalue weighted by Gasteiger charge is 2.15. The smallest absolute Gasteiger partial charge is 0.340 e. The van der Waals surface area contributed by atoms with E-state index < -0.39 is 5.97 Å². The second-order valence-corrected chi connectivity index (χ2v) is 5.98. The number of aromatic nitrogens is 1. The number of hydrogen-bond donors (Lipinski definition) is 0. The Hall–Kier alpha value is -2.15. The molecule has 0 fully saturated rings. The van der Waals surface area contributed by atoms with Crippen LogP contribution in [0, 0.1) is 3.57 Å². The van der Waals surface area contributed by atoms with Crippen LogP contribution in [-0.4, -0.2) is 17.6 Å². The van der Waals surface area contributed by atoms with E-state index >= 15 is 0 Å². The molecule has 0 bridgehead atoms. The van der Waals surface area contributed by atoms with Crippen LogP contribution in [0.3, 0.4) is 0 Å². The van der Waals surface area contributed by atoms with Crippen molar-refractivity contribution in [1.82, 2.24) is 4.57 Å². The van der Waals surface area contributed by atoms with Crippen molar-refractivity contribution in [3.8, 4) is 5.69 Å². The molecule has 0 N–H and O–H groups in total. The summed E-state index contributed by atoms with van der Waals surface area (Å²) in [7, 11) is 1.33. The molecule has 0 atom stereocenters. The summed E-state index contributed by atoms with van der Waals surface area (Å²) in [4.78, 5) is 24.7. The van der Waals surface area contributed by atoms with Gasteiger partial charge in [0.05, 0.1) is 12.7 Å². The van der Waals surface area contributed by atoms with Gasteiger partial charge < -0.3 is 4.74 Å². The van der Waals surface area contributed by atoms with Crippen LogP contribution in [0.4, 0.5) is 0 Å². The minimum Gasteiger partial charge on any atom is -0.465 e. The largest absolute Gasteiger partial charge is 0.465 e. The van der Waals surface area contributed by atoms with Crippen LogP contribution in [0.2, 0.25) is 0 Å². The maximum atomic E-state index is 12.7. The Morgan fingerprint density at radius 2 is 1.68 bits per heavy atom. The van der Waals surface area contributed by atoms with Gasteiger partial charge in [0, 0.05) is 26.2 Å². The molecule has 0 saturated heterocycles. The Balaban J connectivity index is 2.36. The van der Waals surface area contributed by atoms with Gasteiger partial charge in [0.2, 0.25) is 0 Å². The third-order valence-electron chi connectivity index (χ3n) is 3.43. The Morgan fingerprint density at radius 3 is 2.32 bits per heavy atom. The van der Waals surface area contributed by atoms with Crippen molar-refractivity contribution in [1.29, 1.82) is 0 Å². The highest BCUT2D eigenvalue weighted by molar-refractivity contribution is 14.1. The van der Waals surface area contributed by atoms with Crippen molar-refractivity contribution >= 4 is 39.3 Å². The third-order valence-corrected chi connectivity index (χ3v) is 4.15. The van der Waals surface area contributed by atoms with Gasteiger partial charge in [-0.1, -0.05) is 18.2 Å². The molecule has 4 nitrogen and oxygen atoms in total. The first-order valence-electron chi connectivity index (χ1n) is 6.60. The fraction of sp³-hybridized carbons (Fsp3) is 0.0588. The number of carbonyl (C=O) groups excluding carboxylic acids is 1. The quantitative estimate of drug-likeness (QED) is 0.485. The number of methoxy groups -OCH3 is 1. The molecule has 110 valence electrons. The zero-order valence-corrected chi connectivity index (χ0v) is 13.9. The predicted molar refractivity (Wildman–Crippen MR) is 93.6 cm³/mol. The van der Waals surface area contributed by atoms with E-state index in [1.165, 1.54) is 11.7 Å². The molecule has 3 rings (SSSR count). The Bertz CT molecular complexity index is 913. The van der Waals surface area contributed by atoms with Crippen molar-refractivity contribution in [3.63, 3.8) is 0 Å². The summed E-state index contributed by atoms with van der Waals surface area (Å²) in [6, 6.07) is 14.6. The van der Waals surface area contributed by atoms with Crippen molar-refractivity contribution in [3.05, 3.63) is 74.2 Å². The van der Waals surface area contributed by atoms with E-state index in [0.717, 1.165) is 3.57 Å². The number of rotatable bonds is 2. The standard InChI is InChI=1S/C17H12INO3/c1-22-17(21)15-10-19(12-8-6-11(18)7-9-12)16(20)14-5-3-2-4-13(14)15/h2-10H,1H3. The van der Waals surface area contributed by atoms with Gasteiger partial charge in [-0.15, -0.1) is 0 Å². The van der Waals surface area contributed by atoms with Gasteiger partial charge in [-0.2, -0.15) is 0 Å². The van der Waals surface area contributed by atoms with Crippen LogP contribution < -0.4 is 5.56 Å². The van der Waals surface area contributed by atoms with E-state index in [0.29, 0.717) is 22.0 Å². The molecular formula is C17H12INO3. The van der Waals surface area contributed by atoms with Crippen LogP contribution >= 0.6 is 22.6 Å². The molecule has 1 heterocycles. The van der Waals surface area contributed by atoms with Crippen molar-refractivity contribution in [2.24, 2.45) is 0 Å². The van der Waals surface area contributed by atoms with Gasteiger partial charge in [0.25, 0.3) is 5.56 Å². The molecule has 22 heavy (non-hydrogen) atoms. The summed E-state index contributed by atoms with van der Waals surface area (Å²) < 4.78 is 7.39. The lowest BCUT2D eigenvalue weighted by atomic mass is 10.1. The number of hydrogen-bond acceptors (Lipinski definition) is 3. The summed E-state index contributed by atoms with van der Waals surface area (Å²) in [5.74, 6) is -0.463. The van der Waals surface area contributed by atoms with Gasteiger partial charge in [-0.3, -0.25) is 9.36 Å². The van der Waals surface area contributed by atoms with Gasteiger partial charge in [-0.05, 0) is 52.9 Å². The molecule has 0 aliphatic carbocycles. The van der Waals surface area contributed by atoms with Gasteiger partial charge >= 0.3 is 5.97 Å². The summed E-state index contributed by atoms with van der Waals surface area (Å²) in [6.45, 7) is 0. The highest BCUT2D eigenvalue weighted by Crippen LogP contribution is 2.19. The molecule has 0 amide bonds. The molecule has 0 saturated carbocycles. The average molecular weight is 405 g/mol. The monoisotopic (exact) mass is 405 g/mol. The van der Waals surface area contributed by atoms with E-state index in [9.17, 15) is 9.59 Å². The van der Waals surface area contributed by atoms with Crippen molar-refractivity contribution < 1.29 is 9.53 Å². The van der Waals surface area contributed by atoms with Gasteiger partial charge in [0.1, 0.15) is 0 Å². The molecule has 0 unspecified atom stereocenters. The van der Waals surface area contributed by atoms with E-state index in [2.05, 4.69) is 22.6 Å². The first kappa shape index (κ1) is 14.8. The van der Waals surface area contributed by atoms with Crippen LogP contribution in [0.1, 0.15) is 10.4 Å². The summed E-state index contributed by atoms with van der Waals surface area (Å²) >= 11 is 2.20. The molecule has 0 aliphatic heterocycles. The number of esters is 1. The zero-order valence-electron chi connectivity index (χ0n) is 11.7. The molecule has 3 aromatic rings. The fourth-order valence-electron chi connectivity index (χ4n) is 2.36. The fourth-order valence-corrected chi connectivity index (χ4v) is 2.72. The predicted octanol–water partition coefficient (Wildman–Crippen LogP) is 3.38. The number of benzene rings is 2. The molecule has 0 aliphatic rings. The normalized spacial score (nSPS) is 10.6. The maximum absolute atomic E-state index is 12.7. The van der Waals surface area contributed by atoms with Gasteiger partial charge in [-0.25, -0.2) is 4.79 Å². The van der Waals surface area contributed by atoms with Crippen LogP contribution in [0.5, 0.6) is 0 Å². The Kier molecular flexibility index (Phi) is 3.98. The number of carbonyl (C=O) groups is 1. The first-order valence-corrected chi connectivity index (χ1v) is 7.68. The lowest BCUT2D eigenvalue weighted by Crippen LogP contribution is -2.20. The molecule has 0 spiro atoms. The van der Waals surface area contributed by atoms with Crippen LogP contribution in [-0.2, 0) is 4.74 Å². The number of fused-ring (bicyclic) bond motifs is 1. The Labute approximate surface area is 140 Å². The molecular weight excluding hydrogens is 393 g/mol.